The van der Waals surface area contributed by atoms with Crippen molar-refractivity contribution in [1.82, 2.24) is 46.4 Å². The molecule has 0 bridgehead atoms. The van der Waals surface area contributed by atoms with Crippen LogP contribution in [0.25, 0.3) is 31.0 Å². The number of aliphatic hydroxyl groups excluding tert-OH is 1. The Balaban J connectivity index is 0.787. The fraction of sp³-hybridized carbons (Fsp3) is 0.485. The molecule has 3 fully saturated rings. The van der Waals surface area contributed by atoms with Crippen LogP contribution in [0.3, 0.4) is 0 Å². The molecule has 9 rings (SSSR count). The van der Waals surface area contributed by atoms with Crippen molar-refractivity contribution < 1.29 is 71.0 Å². The molecule has 0 unspecified atom stereocenters. The van der Waals surface area contributed by atoms with Crippen LogP contribution in [-0.4, -0.2) is 144 Å². The summed E-state index contributed by atoms with van der Waals surface area (Å²) in [5, 5.41) is 28.4. The number of hydrogen-bond donors (Lipinski definition) is 9. The van der Waals surface area contributed by atoms with E-state index in [4.69, 9.17) is 0 Å². The first-order chi connectivity index (χ1) is 44.7. The SMILES string of the molecule is Cc1ncsc1-c1ccc([C@H](CC(=O)NCCCCCCCC(=O)N[C@@H]2C[C@@H](C(=O)Nc3ncc(-c4ccccc4)s3)N(C(=O)[C@@H](NC(=O)c3cc4cc(C(F)(F)P(=O)(O)O)ccc4s3)C(C)(C)C)C2)NC(=O)[C@@H]2C[C@@H](O)CN2C(=O)[C@@H](NC(=O)C2(F)CC2)C(C)(C)C)cc1. The van der Waals surface area contributed by atoms with Gasteiger partial charge in [-0.2, -0.15) is 8.78 Å². The summed E-state index contributed by atoms with van der Waals surface area (Å²) in [6.45, 7) is 12.2. The van der Waals surface area contributed by atoms with Gasteiger partial charge in [0.05, 0.1) is 44.4 Å². The number of nitrogens with zero attached hydrogens (tertiary/aromatic N) is 4. The molecular formula is C66H80F3N10O12PS3. The van der Waals surface area contributed by atoms with E-state index in [0.29, 0.717) is 42.5 Å². The average Bonchev–Trinajstić information content (AvgIpc) is 1.73. The number of carbonyl (C=O) groups excluding carboxylic acids is 8. The highest BCUT2D eigenvalue weighted by atomic mass is 32.1. The fourth-order valence-electron chi connectivity index (χ4n) is 11.6. The van der Waals surface area contributed by atoms with Crippen LogP contribution in [-0.2, 0) is 43.8 Å². The molecule has 9 N–H and O–H groups in total. The molecule has 3 aliphatic rings. The van der Waals surface area contributed by atoms with Gasteiger partial charge in [0.2, 0.25) is 35.4 Å². The van der Waals surface area contributed by atoms with E-state index in [1.807, 2.05) is 61.5 Å². The van der Waals surface area contributed by atoms with E-state index < -0.39 is 113 Å². The van der Waals surface area contributed by atoms with Crippen LogP contribution in [0.2, 0.25) is 0 Å². The number of benzene rings is 3. The van der Waals surface area contributed by atoms with Gasteiger partial charge in [0.1, 0.15) is 24.2 Å². The van der Waals surface area contributed by atoms with Gasteiger partial charge in [0.25, 0.3) is 11.8 Å². The van der Waals surface area contributed by atoms with E-state index in [-0.39, 0.29) is 78.8 Å². The zero-order valence-electron chi connectivity index (χ0n) is 53.7. The van der Waals surface area contributed by atoms with Crippen LogP contribution < -0.4 is 31.9 Å². The Kier molecular flexibility index (Phi) is 22.3. The van der Waals surface area contributed by atoms with Gasteiger partial charge in [0, 0.05) is 55.0 Å². The second-order valence-corrected chi connectivity index (χ2v) is 31.4. The topological polar surface area (TPSA) is 319 Å². The maximum atomic E-state index is 14.9. The molecule has 29 heteroatoms. The maximum absolute atomic E-state index is 14.9. The third kappa shape index (κ3) is 17.6. The molecule has 95 heavy (non-hydrogen) atoms. The van der Waals surface area contributed by atoms with Crippen molar-refractivity contribution in [1.29, 1.82) is 0 Å². The summed E-state index contributed by atoms with van der Waals surface area (Å²) in [4.78, 5) is 144. The molecular weight excluding hydrogens is 1310 g/mol. The van der Waals surface area contributed by atoms with Gasteiger partial charge >= 0.3 is 13.3 Å². The van der Waals surface area contributed by atoms with Crippen molar-refractivity contribution in [3.05, 3.63) is 112 Å². The molecule has 7 atom stereocenters. The number of anilines is 1. The minimum atomic E-state index is -5.88. The van der Waals surface area contributed by atoms with Crippen LogP contribution in [0.1, 0.15) is 145 Å². The Bertz CT molecular complexity index is 3870. The summed E-state index contributed by atoms with van der Waals surface area (Å²) in [5.74, 6) is -4.76. The number of hydrogen-bond acceptors (Lipinski definition) is 15. The number of carbonyl (C=O) groups is 8. The van der Waals surface area contributed by atoms with Crippen molar-refractivity contribution in [3.63, 3.8) is 0 Å². The van der Waals surface area contributed by atoms with Crippen LogP contribution in [0.4, 0.5) is 18.3 Å². The molecule has 1 aliphatic carbocycles. The number of fused-ring (bicyclic) bond motifs is 1. The largest absolute Gasteiger partial charge is 0.399 e. The van der Waals surface area contributed by atoms with E-state index in [1.165, 1.54) is 44.6 Å². The first-order valence-electron chi connectivity index (χ1n) is 31.5. The minimum Gasteiger partial charge on any atom is -0.391 e. The molecule has 22 nitrogen and oxygen atoms in total. The summed E-state index contributed by atoms with van der Waals surface area (Å²) in [5.41, 5.74) is -4.36. The summed E-state index contributed by atoms with van der Waals surface area (Å²) in [6, 6.07) is 14.8. The smallest absolute Gasteiger partial charge is 0.391 e. The lowest BCUT2D eigenvalue weighted by atomic mass is 9.85. The molecule has 0 spiro atoms. The third-order valence-corrected chi connectivity index (χ3v) is 21.2. The van der Waals surface area contributed by atoms with Crippen molar-refractivity contribution in [3.8, 4) is 20.9 Å². The number of aromatic nitrogens is 2. The van der Waals surface area contributed by atoms with Gasteiger partial charge in [-0.25, -0.2) is 14.4 Å². The zero-order chi connectivity index (χ0) is 69.0. The lowest BCUT2D eigenvalue weighted by Crippen LogP contribution is -2.59. The number of likely N-dealkylation sites (tertiary alicyclic amines) is 2. The molecule has 6 aromatic rings. The second kappa shape index (κ2) is 29.5. The number of aryl methyl sites for hydroxylation is 1. The Labute approximate surface area is 560 Å². The summed E-state index contributed by atoms with van der Waals surface area (Å²) < 4.78 is 56.1. The van der Waals surface area contributed by atoms with E-state index in [0.717, 1.165) is 56.5 Å². The van der Waals surface area contributed by atoms with Crippen LogP contribution in [0.15, 0.2) is 90.6 Å². The third-order valence-electron chi connectivity index (χ3n) is 17.2. The van der Waals surface area contributed by atoms with Gasteiger partial charge in [-0.05, 0) is 90.1 Å². The number of β-amino-alcohol motifs (C(OH)–C–C–N with tert-alkyl or cyclic N) is 1. The molecule has 5 heterocycles. The van der Waals surface area contributed by atoms with Crippen LogP contribution >= 0.6 is 41.6 Å². The number of alkyl halides is 3. The average molecular weight is 1390 g/mol. The second-order valence-electron chi connectivity index (χ2n) is 26.8. The number of thiophene rings is 1. The van der Waals surface area contributed by atoms with Gasteiger partial charge in [-0.3, -0.25) is 42.9 Å². The summed E-state index contributed by atoms with van der Waals surface area (Å²) >= 11 is 3.62. The molecule has 2 aliphatic heterocycles. The first kappa shape index (κ1) is 71.8. The fourth-order valence-corrected chi connectivity index (χ4v) is 14.7. The van der Waals surface area contributed by atoms with Gasteiger partial charge in [-0.1, -0.05) is 133 Å². The van der Waals surface area contributed by atoms with Crippen molar-refractivity contribution in [2.24, 2.45) is 10.8 Å². The normalized spacial score (nSPS) is 19.0. The predicted molar refractivity (Wildman–Crippen MR) is 356 cm³/mol. The number of halogens is 3. The first-order valence-corrected chi connectivity index (χ1v) is 35.6. The summed E-state index contributed by atoms with van der Waals surface area (Å²) in [7, 11) is -5.88. The van der Waals surface area contributed by atoms with Crippen molar-refractivity contribution in [2.45, 2.75) is 173 Å². The van der Waals surface area contributed by atoms with Gasteiger partial charge in [-0.15, -0.1) is 22.7 Å². The zero-order valence-corrected chi connectivity index (χ0v) is 57.1. The molecule has 2 saturated heterocycles. The highest BCUT2D eigenvalue weighted by molar-refractivity contribution is 7.52. The Morgan fingerprint density at radius 2 is 1.38 bits per heavy atom. The summed E-state index contributed by atoms with van der Waals surface area (Å²) in [6.07, 6.45) is 3.70. The van der Waals surface area contributed by atoms with E-state index in [9.17, 15) is 71.0 Å². The van der Waals surface area contributed by atoms with Crippen LogP contribution in [0, 0.1) is 17.8 Å². The number of aliphatic hydroxyl groups is 1. The lowest BCUT2D eigenvalue weighted by molar-refractivity contribution is -0.145. The quantitative estimate of drug-likeness (QED) is 0.0181. The number of unbranched alkanes of at least 4 members (excludes halogenated alkanes) is 4. The lowest BCUT2D eigenvalue weighted by Gasteiger charge is -2.36. The van der Waals surface area contributed by atoms with Crippen molar-refractivity contribution >= 4 is 104 Å². The number of thiazole rings is 2. The highest BCUT2D eigenvalue weighted by Crippen LogP contribution is 2.59. The maximum Gasteiger partial charge on any atom is 0.399 e. The monoisotopic (exact) mass is 1390 g/mol. The molecule has 510 valence electrons. The standard InChI is InChI=1S/C66H80F3N10O12PS3/c1-37-53(93-36-72-37)40-21-19-38(20-22-40)45(74-56(83)47-31-44(80)35-79(47)60(87)55(64(5,6)7)76-61(88)65(67)25-26-65)32-52(82)70-27-15-10-8-9-14-18-51(81)73-43-30-46(57(84)77-62-71-33-50(95-62)39-16-12-11-13-17-39)78(34-43)59(86)54(63(2,3)4)75-58(85)49-29-41-28-42(23-24-48(41)94-49)66(68,69)92(89,90)91/h11-13,16-17,19-24,28-29,33,36,43-47,54-55,80H,8-10,14-15,18,25-27,30-32,34-35H2,1-7H3,(H,70,82)(H,73,81)(H,74,83)(H,75,85)(H,76,88)(H,71,77,84)(H2,89,90,91)/t43-,44-,45+,46+,47+,54-,55-/m1/s1. The Morgan fingerprint density at radius 1 is 0.737 bits per heavy atom. The van der Waals surface area contributed by atoms with E-state index >= 15 is 0 Å². The number of amides is 8. The molecule has 3 aromatic carbocycles. The Hall–Kier alpha value is -7.46. The molecule has 0 radical (unpaired) electrons. The van der Waals surface area contributed by atoms with E-state index in [2.05, 4.69) is 41.9 Å². The van der Waals surface area contributed by atoms with Crippen LogP contribution in [0.5, 0.6) is 0 Å². The Morgan fingerprint density at radius 3 is 2.02 bits per heavy atom. The number of rotatable bonds is 26. The highest BCUT2D eigenvalue weighted by Gasteiger charge is 2.54. The molecule has 1 saturated carbocycles. The van der Waals surface area contributed by atoms with E-state index in [1.54, 1.807) is 53.2 Å². The van der Waals surface area contributed by atoms with Gasteiger partial charge < -0.3 is 56.6 Å². The molecule has 8 amide bonds. The molecule has 3 aromatic heterocycles. The van der Waals surface area contributed by atoms with Crippen molar-refractivity contribution in [2.75, 3.05) is 25.0 Å². The number of nitrogens with one attached hydrogen (secondary N) is 6. The van der Waals surface area contributed by atoms with Gasteiger partial charge in [0.15, 0.2) is 10.8 Å². The predicted octanol–water partition coefficient (Wildman–Crippen LogP) is 9.25. The minimum absolute atomic E-state index is 0.0211.